The highest BCUT2D eigenvalue weighted by molar-refractivity contribution is 5.26. The summed E-state index contributed by atoms with van der Waals surface area (Å²) in [6.45, 7) is 2.88. The van der Waals surface area contributed by atoms with Crippen LogP contribution in [-0.4, -0.2) is 23.6 Å². The summed E-state index contributed by atoms with van der Waals surface area (Å²) in [6, 6.07) is 3.73. The van der Waals surface area contributed by atoms with Gasteiger partial charge in [-0.05, 0) is 12.6 Å². The minimum absolute atomic E-state index is 0.00403. The smallest absolute Gasteiger partial charge is 0.216 e. The summed E-state index contributed by atoms with van der Waals surface area (Å²) in [5.74, 6) is 0.557. The molecule has 2 heterocycles. The Morgan fingerprint density at radius 3 is 3.00 bits per heavy atom. The number of rotatable bonds is 5. The van der Waals surface area contributed by atoms with Gasteiger partial charge < -0.3 is 14.5 Å². The molecule has 0 saturated carbocycles. The monoisotopic (exact) mass is 233 g/mol. The van der Waals surface area contributed by atoms with Crippen LogP contribution < -0.4 is 10.1 Å². The van der Waals surface area contributed by atoms with Crippen molar-refractivity contribution in [3.63, 3.8) is 0 Å². The van der Waals surface area contributed by atoms with Crippen molar-refractivity contribution in [2.24, 2.45) is 0 Å². The van der Waals surface area contributed by atoms with Crippen LogP contribution in [0.1, 0.15) is 24.2 Å². The van der Waals surface area contributed by atoms with Gasteiger partial charge >= 0.3 is 0 Å². The first-order valence-corrected chi connectivity index (χ1v) is 5.46. The van der Waals surface area contributed by atoms with Crippen LogP contribution in [0.15, 0.2) is 35.4 Å². The average molecular weight is 233 g/mol. The van der Waals surface area contributed by atoms with Crippen molar-refractivity contribution >= 4 is 0 Å². The first kappa shape index (κ1) is 11.6. The molecule has 0 radical (unpaired) electrons. The van der Waals surface area contributed by atoms with Crippen molar-refractivity contribution in [1.29, 1.82) is 0 Å². The number of furan rings is 1. The minimum atomic E-state index is -0.00403. The fourth-order valence-electron chi connectivity index (χ4n) is 1.66. The molecule has 0 aromatic carbocycles. The Balaban J connectivity index is 2.32. The molecule has 90 valence electrons. The predicted octanol–water partition coefficient (Wildman–Crippen LogP) is 1.78. The van der Waals surface area contributed by atoms with Gasteiger partial charge in [-0.1, -0.05) is 6.92 Å². The van der Waals surface area contributed by atoms with Gasteiger partial charge in [0, 0.05) is 11.6 Å². The summed E-state index contributed by atoms with van der Waals surface area (Å²) in [5.41, 5.74) is 1.90. The van der Waals surface area contributed by atoms with Gasteiger partial charge in [0.05, 0.1) is 31.4 Å². The third kappa shape index (κ3) is 2.62. The Hall–Kier alpha value is -1.88. The summed E-state index contributed by atoms with van der Waals surface area (Å²) in [7, 11) is 1.59. The number of hydrogen-bond donors (Lipinski definition) is 1. The first-order chi connectivity index (χ1) is 8.35. The Morgan fingerprint density at radius 1 is 1.47 bits per heavy atom. The topological polar surface area (TPSA) is 60.2 Å². The molecule has 0 aliphatic rings. The molecule has 0 aliphatic carbocycles. The first-order valence-electron chi connectivity index (χ1n) is 5.46. The number of aromatic nitrogens is 2. The standard InChI is InChI=1S/C12H15N3O2/c1-3-13-12(9-4-5-17-7-9)10-6-11(16-2)15-8-14-10/h4-8,12-13H,3H2,1-2H3. The Kier molecular flexibility index (Phi) is 3.72. The van der Waals surface area contributed by atoms with E-state index in [1.165, 1.54) is 6.33 Å². The maximum Gasteiger partial charge on any atom is 0.216 e. The van der Waals surface area contributed by atoms with Crippen molar-refractivity contribution in [3.8, 4) is 5.88 Å². The minimum Gasteiger partial charge on any atom is -0.481 e. The van der Waals surface area contributed by atoms with E-state index in [1.807, 2.05) is 19.1 Å². The lowest BCUT2D eigenvalue weighted by Crippen LogP contribution is -2.22. The molecule has 17 heavy (non-hydrogen) atoms. The van der Waals surface area contributed by atoms with E-state index < -0.39 is 0 Å². The lowest BCUT2D eigenvalue weighted by atomic mass is 10.1. The molecule has 0 bridgehead atoms. The second-order valence-corrected chi connectivity index (χ2v) is 3.53. The summed E-state index contributed by atoms with van der Waals surface area (Å²) < 4.78 is 10.2. The van der Waals surface area contributed by atoms with E-state index >= 15 is 0 Å². The summed E-state index contributed by atoms with van der Waals surface area (Å²) >= 11 is 0. The average Bonchev–Trinajstić information content (AvgIpc) is 2.89. The zero-order valence-corrected chi connectivity index (χ0v) is 9.88. The van der Waals surface area contributed by atoms with Crippen LogP contribution in [0.5, 0.6) is 5.88 Å². The third-order valence-electron chi connectivity index (χ3n) is 2.45. The zero-order valence-electron chi connectivity index (χ0n) is 9.88. The van der Waals surface area contributed by atoms with Crippen LogP contribution in [0, 0.1) is 0 Å². The molecular formula is C12H15N3O2. The lowest BCUT2D eigenvalue weighted by molar-refractivity contribution is 0.395. The van der Waals surface area contributed by atoms with Crippen LogP contribution in [-0.2, 0) is 0 Å². The molecule has 2 rings (SSSR count). The molecule has 5 heteroatoms. The summed E-state index contributed by atoms with van der Waals surface area (Å²) in [5, 5.41) is 3.35. The van der Waals surface area contributed by atoms with E-state index in [1.54, 1.807) is 19.6 Å². The van der Waals surface area contributed by atoms with Crippen LogP contribution in [0.3, 0.4) is 0 Å². The molecule has 0 aliphatic heterocycles. The molecule has 2 aromatic rings. The maximum atomic E-state index is 5.11. The van der Waals surface area contributed by atoms with Gasteiger partial charge in [-0.2, -0.15) is 0 Å². The van der Waals surface area contributed by atoms with Gasteiger partial charge in [0.15, 0.2) is 0 Å². The second kappa shape index (κ2) is 5.45. The fraction of sp³-hybridized carbons (Fsp3) is 0.333. The number of nitrogens with one attached hydrogen (secondary N) is 1. The van der Waals surface area contributed by atoms with Crippen LogP contribution in [0.2, 0.25) is 0 Å². The van der Waals surface area contributed by atoms with E-state index in [0.717, 1.165) is 17.8 Å². The molecule has 0 spiro atoms. The van der Waals surface area contributed by atoms with Gasteiger partial charge in [-0.3, -0.25) is 0 Å². The summed E-state index contributed by atoms with van der Waals surface area (Å²) in [4.78, 5) is 8.26. The van der Waals surface area contributed by atoms with E-state index in [2.05, 4.69) is 15.3 Å². The quantitative estimate of drug-likeness (QED) is 0.853. The summed E-state index contributed by atoms with van der Waals surface area (Å²) in [6.07, 6.45) is 4.86. The number of hydrogen-bond acceptors (Lipinski definition) is 5. The molecule has 1 atom stereocenters. The van der Waals surface area contributed by atoms with Gasteiger partial charge in [0.2, 0.25) is 5.88 Å². The number of ether oxygens (including phenoxy) is 1. The SMILES string of the molecule is CCNC(c1ccoc1)c1cc(OC)ncn1. The number of nitrogens with zero attached hydrogens (tertiary/aromatic N) is 2. The molecule has 2 aromatic heterocycles. The molecule has 1 unspecified atom stereocenters. The lowest BCUT2D eigenvalue weighted by Gasteiger charge is -2.15. The van der Waals surface area contributed by atoms with Crippen molar-refractivity contribution in [3.05, 3.63) is 42.2 Å². The highest BCUT2D eigenvalue weighted by Gasteiger charge is 2.16. The van der Waals surface area contributed by atoms with Crippen molar-refractivity contribution in [2.45, 2.75) is 13.0 Å². The molecular weight excluding hydrogens is 218 g/mol. The Morgan fingerprint density at radius 2 is 2.35 bits per heavy atom. The molecule has 0 saturated heterocycles. The zero-order chi connectivity index (χ0) is 12.1. The molecule has 0 fully saturated rings. The number of methoxy groups -OCH3 is 1. The van der Waals surface area contributed by atoms with Crippen LogP contribution >= 0.6 is 0 Å². The molecule has 0 amide bonds. The predicted molar refractivity (Wildman–Crippen MR) is 62.8 cm³/mol. The van der Waals surface area contributed by atoms with E-state index in [9.17, 15) is 0 Å². The van der Waals surface area contributed by atoms with Crippen LogP contribution in [0.4, 0.5) is 0 Å². The molecule has 1 N–H and O–H groups in total. The molecule has 5 nitrogen and oxygen atoms in total. The highest BCUT2D eigenvalue weighted by atomic mass is 16.5. The van der Waals surface area contributed by atoms with Crippen molar-refractivity contribution < 1.29 is 9.15 Å². The normalized spacial score (nSPS) is 12.4. The maximum absolute atomic E-state index is 5.11. The van der Waals surface area contributed by atoms with Gasteiger partial charge in [0.1, 0.15) is 6.33 Å². The van der Waals surface area contributed by atoms with E-state index in [4.69, 9.17) is 9.15 Å². The van der Waals surface area contributed by atoms with Gasteiger partial charge in [0.25, 0.3) is 0 Å². The van der Waals surface area contributed by atoms with Crippen molar-refractivity contribution in [1.82, 2.24) is 15.3 Å². The van der Waals surface area contributed by atoms with E-state index in [-0.39, 0.29) is 6.04 Å². The Labute approximate surface area is 99.8 Å². The van der Waals surface area contributed by atoms with Gasteiger partial charge in [-0.15, -0.1) is 0 Å². The largest absolute Gasteiger partial charge is 0.481 e. The Bertz CT molecular complexity index is 457. The fourth-order valence-corrected chi connectivity index (χ4v) is 1.66. The van der Waals surface area contributed by atoms with Crippen molar-refractivity contribution in [2.75, 3.05) is 13.7 Å². The van der Waals surface area contributed by atoms with Crippen LogP contribution in [0.25, 0.3) is 0 Å². The third-order valence-corrected chi connectivity index (χ3v) is 2.45. The van der Waals surface area contributed by atoms with E-state index in [0.29, 0.717) is 5.88 Å². The van der Waals surface area contributed by atoms with Gasteiger partial charge in [-0.25, -0.2) is 9.97 Å². The second-order valence-electron chi connectivity index (χ2n) is 3.53. The highest BCUT2D eigenvalue weighted by Crippen LogP contribution is 2.22.